The molecule has 52 heavy (non-hydrogen) atoms. The van der Waals surface area contributed by atoms with E-state index in [9.17, 15) is 32.3 Å². The van der Waals surface area contributed by atoms with Crippen LogP contribution in [0.2, 0.25) is 0 Å². The minimum absolute atomic E-state index is 0.00638. The molecule has 0 unspecified atom stereocenters. The van der Waals surface area contributed by atoms with Gasteiger partial charge in [-0.2, -0.15) is 18.3 Å². The van der Waals surface area contributed by atoms with Crippen LogP contribution in [-0.2, 0) is 38.3 Å². The lowest BCUT2D eigenvalue weighted by atomic mass is 9.95. The van der Waals surface area contributed by atoms with E-state index in [-0.39, 0.29) is 48.5 Å². The third kappa shape index (κ3) is 6.81. The molecule has 3 atom stereocenters. The van der Waals surface area contributed by atoms with E-state index in [2.05, 4.69) is 25.4 Å². The molecule has 1 aliphatic carbocycles. The van der Waals surface area contributed by atoms with Gasteiger partial charge in [-0.3, -0.25) is 23.9 Å². The number of hydrogen-bond acceptors (Lipinski definition) is 9. The summed E-state index contributed by atoms with van der Waals surface area (Å²) in [7, 11) is 0. The van der Waals surface area contributed by atoms with Gasteiger partial charge in [0.15, 0.2) is 11.6 Å². The van der Waals surface area contributed by atoms with Gasteiger partial charge in [-0.15, -0.1) is 0 Å². The maximum Gasteiger partial charge on any atom is 0.433 e. The van der Waals surface area contributed by atoms with Crippen molar-refractivity contribution in [3.63, 3.8) is 0 Å². The number of nitrogens with zero attached hydrogens (tertiary/aromatic N) is 6. The van der Waals surface area contributed by atoms with E-state index in [1.54, 1.807) is 38.4 Å². The van der Waals surface area contributed by atoms with E-state index in [0.717, 1.165) is 12.5 Å². The van der Waals surface area contributed by atoms with Gasteiger partial charge in [-0.25, -0.2) is 15.0 Å². The second-order valence-corrected chi connectivity index (χ2v) is 14.1. The number of aryl methyl sites for hydroxylation is 2. The number of piperidine rings is 1. The molecule has 5 heterocycles. The third-order valence-corrected chi connectivity index (χ3v) is 10.3. The Morgan fingerprint density at radius 2 is 1.81 bits per heavy atom. The quantitative estimate of drug-likeness (QED) is 0.267. The number of anilines is 1. The molecule has 1 saturated carbocycles. The highest BCUT2D eigenvalue weighted by Crippen LogP contribution is 2.60. The number of ether oxygens (including phenoxy) is 1. The topological polar surface area (TPSA) is 149 Å². The molecule has 2 aliphatic heterocycles. The van der Waals surface area contributed by atoms with Gasteiger partial charge in [-0.05, 0) is 68.9 Å². The first-order valence-corrected chi connectivity index (χ1v) is 17.3. The number of halogens is 3. The summed E-state index contributed by atoms with van der Waals surface area (Å²) >= 11 is 0. The Labute approximate surface area is 297 Å². The number of benzene rings is 1. The predicted molar refractivity (Wildman–Crippen MR) is 182 cm³/mol. The van der Waals surface area contributed by atoms with Crippen molar-refractivity contribution >= 4 is 40.0 Å². The van der Waals surface area contributed by atoms with E-state index in [1.807, 2.05) is 0 Å². The molecule has 2 bridgehead atoms. The molecule has 15 heteroatoms. The van der Waals surface area contributed by atoms with Crippen molar-refractivity contribution in [2.24, 2.45) is 5.41 Å². The molecule has 7 rings (SSSR count). The van der Waals surface area contributed by atoms with Crippen molar-refractivity contribution in [2.45, 2.75) is 90.5 Å². The fourth-order valence-electron chi connectivity index (χ4n) is 7.52. The maximum absolute atomic E-state index is 14.4. The SMILES string of the molecule is CC(=O)c1nn2c3c(cc(-c4cnc(C)nc4)cc13)NC(=O)CCCCCOC[C@@]13C[C@@H](C(=O)Cc4nc(C(F)(F)F)ccc4C)N(C(=O)C2)[C@@H]1C3. The summed E-state index contributed by atoms with van der Waals surface area (Å²) in [5, 5.41) is 7.97. The fraction of sp³-hybridized carbons (Fsp3) is 0.459. The van der Waals surface area contributed by atoms with Crippen molar-refractivity contribution in [1.82, 2.24) is 29.6 Å². The van der Waals surface area contributed by atoms with Crippen LogP contribution in [0.3, 0.4) is 0 Å². The van der Waals surface area contributed by atoms with Crippen molar-refractivity contribution < 1.29 is 37.1 Å². The van der Waals surface area contributed by atoms with Crippen molar-refractivity contribution in [3.05, 3.63) is 65.1 Å². The number of carbonyl (C=O) groups excluding carboxylic acids is 4. The van der Waals surface area contributed by atoms with Crippen LogP contribution in [-0.4, -0.2) is 78.3 Å². The van der Waals surface area contributed by atoms with E-state index in [1.165, 1.54) is 22.6 Å². The molecule has 1 N–H and O–H groups in total. The Morgan fingerprint density at radius 3 is 2.54 bits per heavy atom. The molecule has 1 saturated heterocycles. The molecule has 0 spiro atoms. The van der Waals surface area contributed by atoms with Crippen LogP contribution >= 0.6 is 0 Å². The molecule has 12 nitrogen and oxygen atoms in total. The van der Waals surface area contributed by atoms with Crippen LogP contribution in [0.15, 0.2) is 36.7 Å². The first kappa shape index (κ1) is 35.4. The molecule has 1 aromatic carbocycles. The Morgan fingerprint density at radius 1 is 1.04 bits per heavy atom. The number of rotatable bonds is 5. The minimum atomic E-state index is -4.68. The lowest BCUT2D eigenvalue weighted by molar-refractivity contribution is -0.141. The largest absolute Gasteiger partial charge is 0.433 e. The van der Waals surface area contributed by atoms with Gasteiger partial charge in [0.25, 0.3) is 0 Å². The summed E-state index contributed by atoms with van der Waals surface area (Å²) in [5.74, 6) is -0.905. The fourth-order valence-corrected chi connectivity index (χ4v) is 7.52. The molecule has 272 valence electrons. The minimum Gasteiger partial charge on any atom is -0.381 e. The van der Waals surface area contributed by atoms with Crippen LogP contribution in [0.4, 0.5) is 18.9 Å². The van der Waals surface area contributed by atoms with Crippen LogP contribution in [0, 0.1) is 19.3 Å². The summed E-state index contributed by atoms with van der Waals surface area (Å²) < 4.78 is 48.0. The first-order chi connectivity index (χ1) is 24.7. The Bertz CT molecular complexity index is 2100. The lowest BCUT2D eigenvalue weighted by Gasteiger charge is -2.27. The van der Waals surface area contributed by atoms with Gasteiger partial charge in [0.2, 0.25) is 11.8 Å². The molecule has 3 aromatic heterocycles. The van der Waals surface area contributed by atoms with Crippen LogP contribution in [0.25, 0.3) is 22.0 Å². The third-order valence-electron chi connectivity index (χ3n) is 10.3. The average molecular weight is 718 g/mol. The average Bonchev–Trinajstić information content (AvgIpc) is 3.49. The van der Waals surface area contributed by atoms with E-state index in [0.29, 0.717) is 78.0 Å². The zero-order valence-electron chi connectivity index (χ0n) is 29.0. The number of aromatic nitrogens is 5. The number of alkyl halides is 3. The summed E-state index contributed by atoms with van der Waals surface area (Å²) in [6.45, 7) is 5.12. The molecule has 4 aromatic rings. The lowest BCUT2D eigenvalue weighted by Crippen LogP contribution is -2.45. The van der Waals surface area contributed by atoms with Crippen LogP contribution in [0.1, 0.15) is 78.7 Å². The molecule has 2 amide bonds. The van der Waals surface area contributed by atoms with Gasteiger partial charge in [0.05, 0.1) is 36.0 Å². The van der Waals surface area contributed by atoms with Crippen molar-refractivity contribution in [3.8, 4) is 11.1 Å². The Hall–Kier alpha value is -5.05. The van der Waals surface area contributed by atoms with Gasteiger partial charge < -0.3 is 15.0 Å². The number of Topliss-reactive ketones (excluding diaryl/α,β-unsaturated/α-hetero) is 2. The van der Waals surface area contributed by atoms with E-state index in [4.69, 9.17) is 4.74 Å². The normalized spacial score (nSPS) is 22.5. The predicted octanol–water partition coefficient (Wildman–Crippen LogP) is 5.43. The molecule has 2 fully saturated rings. The second kappa shape index (κ2) is 13.5. The first-order valence-electron chi connectivity index (χ1n) is 17.3. The number of hydrogen-bond donors (Lipinski definition) is 1. The second-order valence-electron chi connectivity index (χ2n) is 14.1. The number of nitrogens with one attached hydrogen (secondary N) is 1. The zero-order valence-corrected chi connectivity index (χ0v) is 29.0. The number of carbonyl (C=O) groups is 4. The molecule has 3 aliphatic rings. The number of pyridine rings is 1. The molecular weight excluding hydrogens is 679 g/mol. The smallest absolute Gasteiger partial charge is 0.381 e. The van der Waals surface area contributed by atoms with E-state index >= 15 is 0 Å². The highest BCUT2D eigenvalue weighted by atomic mass is 19.4. The van der Waals surface area contributed by atoms with Crippen molar-refractivity contribution in [2.75, 3.05) is 18.5 Å². The highest BCUT2D eigenvalue weighted by molar-refractivity contribution is 6.11. The van der Waals surface area contributed by atoms with Crippen molar-refractivity contribution in [1.29, 1.82) is 0 Å². The Balaban J connectivity index is 1.28. The van der Waals surface area contributed by atoms with Gasteiger partial charge in [0, 0.05) is 54.8 Å². The molecule has 0 radical (unpaired) electrons. The molecular formula is C37H38F3N7O5. The van der Waals surface area contributed by atoms with Gasteiger partial charge in [-0.1, -0.05) is 12.5 Å². The summed E-state index contributed by atoms with van der Waals surface area (Å²) in [4.78, 5) is 68.5. The number of ketones is 2. The Kier molecular flexibility index (Phi) is 9.17. The van der Waals surface area contributed by atoms with E-state index < -0.39 is 35.0 Å². The number of amides is 2. The standard InChI is InChI=1S/C37H38F3N7O5/c1-20-8-9-30(37(38,39)40)43-26(20)13-29(49)28-14-36-15-31(36)47(28)33(51)18-46-35-25(34(45-46)21(2)48)11-23(24-16-41-22(3)42-17-24)12-27(35)44-32(50)7-5-4-6-10-52-19-36/h8-9,11-12,16-17,28,31H,4-7,10,13-15,18-19H2,1-3H3,(H,44,50)/t28-,31+,36-/m0/s1. The maximum atomic E-state index is 14.4. The summed E-state index contributed by atoms with van der Waals surface area (Å²) in [6.07, 6.45) is 1.45. The summed E-state index contributed by atoms with van der Waals surface area (Å²) in [5.41, 5.74) is 0.971. The van der Waals surface area contributed by atoms with Crippen LogP contribution in [0.5, 0.6) is 0 Å². The zero-order chi connectivity index (χ0) is 36.9. The van der Waals surface area contributed by atoms with Gasteiger partial charge >= 0.3 is 6.18 Å². The monoisotopic (exact) mass is 717 g/mol. The van der Waals surface area contributed by atoms with Gasteiger partial charge in [0.1, 0.15) is 23.8 Å². The highest BCUT2D eigenvalue weighted by Gasteiger charge is 2.67. The van der Waals surface area contributed by atoms with Crippen LogP contribution < -0.4 is 5.32 Å². The summed E-state index contributed by atoms with van der Waals surface area (Å²) in [6, 6.07) is 4.42.